The predicted molar refractivity (Wildman–Crippen MR) is 51.0 cm³/mol. The summed E-state index contributed by atoms with van der Waals surface area (Å²) in [5.41, 5.74) is 0. The maximum absolute atomic E-state index is 9.47. The summed E-state index contributed by atoms with van der Waals surface area (Å²) in [6, 6.07) is 11.8. The van der Waals surface area contributed by atoms with Crippen molar-refractivity contribution in [1.29, 1.82) is 0 Å². The average Bonchev–Trinajstić information content (AvgIpc) is 2.04. The van der Waals surface area contributed by atoms with Crippen LogP contribution in [0.4, 0.5) is 0 Å². The van der Waals surface area contributed by atoms with Crippen LogP contribution in [0.2, 0.25) is 0 Å². The van der Waals surface area contributed by atoms with Gasteiger partial charge in [0.25, 0.3) is 0 Å². The number of phenols is 1. The first-order chi connectivity index (χ1) is 5.77. The molecule has 0 aliphatic carbocycles. The molecule has 0 radical (unpaired) electrons. The van der Waals surface area contributed by atoms with Crippen LogP contribution in [0.15, 0.2) is 36.4 Å². The molecule has 54 valence electrons. The first-order valence-corrected chi connectivity index (χ1v) is 4.96. The van der Waals surface area contributed by atoms with Crippen LogP contribution in [0.5, 0.6) is 5.75 Å². The van der Waals surface area contributed by atoms with E-state index < -0.39 is 0 Å². The minimum atomic E-state index is 0.370. The summed E-state index contributed by atoms with van der Waals surface area (Å²) in [5, 5.41) is 11.5. The summed E-state index contributed by atoms with van der Waals surface area (Å²) in [6.07, 6.45) is 0. The van der Waals surface area contributed by atoms with Crippen molar-refractivity contribution >= 4 is 41.5 Å². The van der Waals surface area contributed by atoms with Crippen molar-refractivity contribution in [2.24, 2.45) is 0 Å². The van der Waals surface area contributed by atoms with Gasteiger partial charge in [0.2, 0.25) is 0 Å². The molecule has 0 fully saturated rings. The fourth-order valence-electron chi connectivity index (χ4n) is 1.39. The van der Waals surface area contributed by atoms with Gasteiger partial charge in [-0.15, -0.1) is 0 Å². The van der Waals surface area contributed by atoms with E-state index in [9.17, 15) is 5.11 Å². The molecule has 0 saturated carbocycles. The van der Waals surface area contributed by atoms with E-state index in [4.69, 9.17) is 0 Å². The van der Waals surface area contributed by atoms with E-state index in [1.165, 1.54) is 2.81 Å². The van der Waals surface area contributed by atoms with Crippen LogP contribution in [0.1, 0.15) is 0 Å². The molecule has 2 aromatic rings. The summed E-state index contributed by atoms with van der Waals surface area (Å²) >= 11 is 1.06. The van der Waals surface area contributed by atoms with Crippen molar-refractivity contribution in [2.75, 3.05) is 0 Å². The predicted octanol–water partition coefficient (Wildman–Crippen LogP) is 1.34. The number of phenolic OH excluding ortho intramolecular Hbond substituents is 1. The van der Waals surface area contributed by atoms with Crippen LogP contribution in [0.3, 0.4) is 0 Å². The van der Waals surface area contributed by atoms with E-state index in [1.54, 1.807) is 6.07 Å². The molecule has 12 heavy (non-hydrogen) atoms. The Morgan fingerprint density at radius 3 is 2.75 bits per heavy atom. The molecule has 1 nitrogen and oxygen atoms in total. The number of aromatic hydroxyl groups is 1. The van der Waals surface area contributed by atoms with Crippen LogP contribution in [0.25, 0.3) is 10.8 Å². The van der Waals surface area contributed by atoms with Crippen LogP contribution < -0.4 is 2.81 Å². The summed E-state index contributed by atoms with van der Waals surface area (Å²) < 4.78 is 1.35. The van der Waals surface area contributed by atoms with Gasteiger partial charge < -0.3 is 0 Å². The van der Waals surface area contributed by atoms with E-state index in [-0.39, 0.29) is 0 Å². The molecule has 0 atom stereocenters. The van der Waals surface area contributed by atoms with Gasteiger partial charge >= 0.3 is 88.8 Å². The second-order valence-electron chi connectivity index (χ2n) is 3.00. The molecule has 1 N–H and O–H groups in total. The Bertz CT molecular complexity index is 423. The molecule has 0 unspecified atom stereocenters. The number of fused-ring (bicyclic) bond motifs is 1. The molecule has 0 aliphatic heterocycles. The topological polar surface area (TPSA) is 20.2 Å². The Kier molecular flexibility index (Phi) is 2.09. The van der Waals surface area contributed by atoms with E-state index in [2.05, 4.69) is 12.1 Å². The normalized spacial score (nSPS) is 10.5. The van der Waals surface area contributed by atoms with Gasteiger partial charge in [-0.1, -0.05) is 0 Å². The van der Waals surface area contributed by atoms with Crippen LogP contribution in [0, 0.1) is 0 Å². The summed E-state index contributed by atoms with van der Waals surface area (Å²) in [6.45, 7) is 0. The number of rotatable bonds is 0. The van der Waals surface area contributed by atoms with Crippen molar-refractivity contribution in [3.63, 3.8) is 0 Å². The van der Waals surface area contributed by atoms with Crippen molar-refractivity contribution in [1.82, 2.24) is 0 Å². The zero-order valence-corrected chi connectivity index (χ0v) is 8.91. The number of hydrogen-bond acceptors (Lipinski definition) is 1. The molecule has 2 heteroatoms. The van der Waals surface area contributed by atoms with Gasteiger partial charge in [0, 0.05) is 0 Å². The van der Waals surface area contributed by atoms with E-state index in [0.717, 1.165) is 38.7 Å². The minimum absolute atomic E-state index is 0.370. The quantitative estimate of drug-likeness (QED) is 0.585. The van der Waals surface area contributed by atoms with E-state index >= 15 is 0 Å². The molecule has 2 rings (SSSR count). The summed E-state index contributed by atoms with van der Waals surface area (Å²) in [5.74, 6) is 0.370. The van der Waals surface area contributed by atoms with Crippen LogP contribution in [-0.4, -0.2) is 33.0 Å². The zero-order valence-electron chi connectivity index (χ0n) is 6.91. The van der Waals surface area contributed by atoms with Crippen LogP contribution in [-0.2, 0) is 0 Å². The van der Waals surface area contributed by atoms with Gasteiger partial charge in [-0.2, -0.15) is 0 Å². The molecule has 0 amide bonds. The molecule has 0 aromatic heterocycles. The Labute approximate surface area is 88.4 Å². The van der Waals surface area contributed by atoms with Gasteiger partial charge in [-0.25, -0.2) is 0 Å². The van der Waals surface area contributed by atoms with Gasteiger partial charge in [-0.3, -0.25) is 0 Å². The molecule has 0 aliphatic rings. The summed E-state index contributed by atoms with van der Waals surface area (Å²) in [7, 11) is 0. The third kappa shape index (κ3) is 1.36. The monoisotopic (exact) mass is 166 g/mol. The van der Waals surface area contributed by atoms with E-state index in [1.807, 2.05) is 18.2 Å². The third-order valence-corrected chi connectivity index (χ3v) is 2.63. The third-order valence-electron chi connectivity index (χ3n) is 2.01. The van der Waals surface area contributed by atoms with E-state index in [0.29, 0.717) is 5.75 Å². The Hall–Kier alpha value is -0.500. The van der Waals surface area contributed by atoms with Crippen molar-refractivity contribution in [3.05, 3.63) is 36.4 Å². The second kappa shape index (κ2) is 3.09. The van der Waals surface area contributed by atoms with Crippen molar-refractivity contribution in [3.8, 4) is 5.75 Å². The average molecular weight is 166 g/mol. The van der Waals surface area contributed by atoms with Gasteiger partial charge in [0.05, 0.1) is 0 Å². The van der Waals surface area contributed by atoms with Gasteiger partial charge in [-0.05, 0) is 0 Å². The van der Waals surface area contributed by atoms with Gasteiger partial charge in [0.15, 0.2) is 0 Å². The van der Waals surface area contributed by atoms with Crippen LogP contribution >= 0.6 is 0 Å². The Balaban J connectivity index is 2.86. The standard InChI is InChI=1S/C10H7O.Na/c11-10-7-3-5-8-4-1-2-6-9(8)10;/h2-7,11H;. The first kappa shape index (κ1) is 8.11. The fraction of sp³-hybridized carbons (Fsp3) is 0. The molecular weight excluding hydrogens is 159 g/mol. The fourth-order valence-corrected chi connectivity index (χ4v) is 1.86. The molecular formula is C10H7NaO. The molecule has 0 heterocycles. The molecule has 2 aromatic carbocycles. The Morgan fingerprint density at radius 1 is 1.08 bits per heavy atom. The first-order valence-electron chi connectivity index (χ1n) is 3.96. The Morgan fingerprint density at radius 2 is 1.92 bits per heavy atom. The molecule has 0 bridgehead atoms. The zero-order chi connectivity index (χ0) is 8.55. The van der Waals surface area contributed by atoms with Crippen molar-refractivity contribution in [2.45, 2.75) is 0 Å². The molecule has 0 saturated heterocycles. The number of benzene rings is 2. The number of hydrogen-bond donors (Lipinski definition) is 1. The maximum atomic E-state index is 9.47. The summed E-state index contributed by atoms with van der Waals surface area (Å²) in [4.78, 5) is 0. The van der Waals surface area contributed by atoms with Crippen molar-refractivity contribution < 1.29 is 5.11 Å². The SMILES string of the molecule is Oc1cccc2c[c]([Na])ccc12. The molecule has 0 spiro atoms. The van der Waals surface area contributed by atoms with Gasteiger partial charge in [0.1, 0.15) is 0 Å². The second-order valence-corrected chi connectivity index (χ2v) is 4.16.